The number of nitrogens with zero attached hydrogens (tertiary/aromatic N) is 1. The second kappa shape index (κ2) is 6.14. The molecular weight excluding hydrogens is 206 g/mol. The number of nitrogens with one attached hydrogen (secondary N) is 2. The SMILES string of the molecule is CCNC(=S)N/N=C\c1cccc(C)c1. The summed E-state index contributed by atoms with van der Waals surface area (Å²) in [6.45, 7) is 4.83. The Morgan fingerprint density at radius 2 is 2.33 bits per heavy atom. The van der Waals surface area contributed by atoms with Gasteiger partial charge in [0.05, 0.1) is 6.21 Å². The van der Waals surface area contributed by atoms with Crippen molar-refractivity contribution in [1.82, 2.24) is 10.7 Å². The molecule has 0 heterocycles. The van der Waals surface area contributed by atoms with Crippen LogP contribution in [0.15, 0.2) is 29.4 Å². The summed E-state index contributed by atoms with van der Waals surface area (Å²) in [5, 5.41) is 7.52. The minimum absolute atomic E-state index is 0.543. The molecule has 4 heteroatoms. The van der Waals surface area contributed by atoms with E-state index < -0.39 is 0 Å². The van der Waals surface area contributed by atoms with Crippen LogP contribution in [0, 0.1) is 6.92 Å². The Balaban J connectivity index is 2.48. The van der Waals surface area contributed by atoms with Crippen molar-refractivity contribution in [2.75, 3.05) is 6.54 Å². The van der Waals surface area contributed by atoms with Gasteiger partial charge in [-0.1, -0.05) is 29.8 Å². The summed E-state index contributed by atoms with van der Waals surface area (Å²) in [6.07, 6.45) is 1.75. The molecule has 3 nitrogen and oxygen atoms in total. The third kappa shape index (κ3) is 4.56. The molecule has 80 valence electrons. The third-order valence-electron chi connectivity index (χ3n) is 1.76. The van der Waals surface area contributed by atoms with Crippen LogP contribution >= 0.6 is 12.2 Å². The van der Waals surface area contributed by atoms with Crippen molar-refractivity contribution in [1.29, 1.82) is 0 Å². The highest BCUT2D eigenvalue weighted by molar-refractivity contribution is 7.80. The number of aryl methyl sites for hydroxylation is 1. The van der Waals surface area contributed by atoms with Crippen LogP contribution in [0.3, 0.4) is 0 Å². The normalized spacial score (nSPS) is 10.3. The smallest absolute Gasteiger partial charge is 0.186 e. The molecule has 0 aliphatic rings. The Morgan fingerprint density at radius 1 is 1.53 bits per heavy atom. The van der Waals surface area contributed by atoms with E-state index in [1.165, 1.54) is 5.56 Å². The monoisotopic (exact) mass is 221 g/mol. The van der Waals surface area contributed by atoms with Crippen molar-refractivity contribution in [2.45, 2.75) is 13.8 Å². The largest absolute Gasteiger partial charge is 0.362 e. The van der Waals surface area contributed by atoms with Crippen LogP contribution in [0.25, 0.3) is 0 Å². The van der Waals surface area contributed by atoms with Crippen molar-refractivity contribution in [3.8, 4) is 0 Å². The lowest BCUT2D eigenvalue weighted by atomic mass is 10.2. The molecule has 1 aromatic rings. The lowest BCUT2D eigenvalue weighted by Crippen LogP contribution is -2.31. The highest BCUT2D eigenvalue weighted by Gasteiger charge is 1.89. The first-order valence-corrected chi connectivity index (χ1v) is 5.26. The Morgan fingerprint density at radius 3 is 3.00 bits per heavy atom. The molecular formula is C11H15N3S. The van der Waals surface area contributed by atoms with Crippen molar-refractivity contribution in [3.63, 3.8) is 0 Å². The van der Waals surface area contributed by atoms with Crippen LogP contribution in [-0.2, 0) is 0 Å². The number of hydrogen-bond acceptors (Lipinski definition) is 2. The van der Waals surface area contributed by atoms with Gasteiger partial charge in [-0.05, 0) is 31.6 Å². The molecule has 1 rings (SSSR count). The van der Waals surface area contributed by atoms with E-state index >= 15 is 0 Å². The van der Waals surface area contributed by atoms with Gasteiger partial charge >= 0.3 is 0 Å². The highest BCUT2D eigenvalue weighted by atomic mass is 32.1. The van der Waals surface area contributed by atoms with E-state index in [2.05, 4.69) is 21.9 Å². The van der Waals surface area contributed by atoms with Crippen LogP contribution in [0.2, 0.25) is 0 Å². The maximum atomic E-state index is 4.96. The lowest BCUT2D eigenvalue weighted by molar-refractivity contribution is 0.904. The van der Waals surface area contributed by atoms with Gasteiger partial charge in [0, 0.05) is 6.54 Å². The van der Waals surface area contributed by atoms with E-state index in [1.807, 2.05) is 32.0 Å². The summed E-state index contributed by atoms with van der Waals surface area (Å²) in [5.41, 5.74) is 5.01. The zero-order valence-corrected chi connectivity index (χ0v) is 9.77. The van der Waals surface area contributed by atoms with Crippen LogP contribution in [0.4, 0.5) is 0 Å². The summed E-state index contributed by atoms with van der Waals surface area (Å²) in [7, 11) is 0. The molecule has 0 saturated carbocycles. The van der Waals surface area contributed by atoms with Gasteiger partial charge in [-0.2, -0.15) is 5.10 Å². The average Bonchev–Trinajstić information content (AvgIpc) is 2.18. The van der Waals surface area contributed by atoms with Gasteiger partial charge in [-0.3, -0.25) is 5.43 Å². The molecule has 0 radical (unpaired) electrons. The Bertz CT molecular complexity index is 361. The fraction of sp³-hybridized carbons (Fsp3) is 0.273. The minimum Gasteiger partial charge on any atom is -0.362 e. The molecule has 0 fully saturated rings. The number of hydrogen-bond donors (Lipinski definition) is 2. The Hall–Kier alpha value is -1.42. The van der Waals surface area contributed by atoms with E-state index in [4.69, 9.17) is 12.2 Å². The van der Waals surface area contributed by atoms with Gasteiger partial charge in [0.1, 0.15) is 0 Å². The fourth-order valence-corrected chi connectivity index (χ4v) is 1.31. The van der Waals surface area contributed by atoms with Crippen molar-refractivity contribution >= 4 is 23.5 Å². The fourth-order valence-electron chi connectivity index (χ4n) is 1.12. The van der Waals surface area contributed by atoms with Gasteiger partial charge in [0.2, 0.25) is 0 Å². The summed E-state index contributed by atoms with van der Waals surface area (Å²) >= 11 is 4.96. The standard InChI is InChI=1S/C11H15N3S/c1-3-12-11(15)14-13-8-10-6-4-5-9(2)7-10/h4-8H,3H2,1-2H3,(H2,12,14,15)/b13-8-. The van der Waals surface area contributed by atoms with Crippen molar-refractivity contribution in [3.05, 3.63) is 35.4 Å². The number of hydrazone groups is 1. The van der Waals surface area contributed by atoms with Crippen molar-refractivity contribution in [2.24, 2.45) is 5.10 Å². The predicted molar refractivity (Wildman–Crippen MR) is 68.2 cm³/mol. The van der Waals surface area contributed by atoms with Gasteiger partial charge in [-0.15, -0.1) is 0 Å². The van der Waals surface area contributed by atoms with Crippen LogP contribution in [0.5, 0.6) is 0 Å². The Kier molecular flexibility index (Phi) is 4.77. The summed E-state index contributed by atoms with van der Waals surface area (Å²) in [6, 6.07) is 8.10. The number of rotatable bonds is 3. The first kappa shape index (κ1) is 11.7. The zero-order chi connectivity index (χ0) is 11.1. The molecule has 0 unspecified atom stereocenters. The predicted octanol–water partition coefficient (Wildman–Crippen LogP) is 1.81. The molecule has 0 aromatic heterocycles. The van der Waals surface area contributed by atoms with Crippen LogP contribution < -0.4 is 10.7 Å². The second-order valence-electron chi connectivity index (χ2n) is 3.14. The molecule has 15 heavy (non-hydrogen) atoms. The summed E-state index contributed by atoms with van der Waals surface area (Å²) in [5.74, 6) is 0. The molecule has 0 atom stereocenters. The second-order valence-corrected chi connectivity index (χ2v) is 3.55. The van der Waals surface area contributed by atoms with E-state index in [0.717, 1.165) is 12.1 Å². The average molecular weight is 221 g/mol. The summed E-state index contributed by atoms with van der Waals surface area (Å²) in [4.78, 5) is 0. The molecule has 0 aliphatic carbocycles. The van der Waals surface area contributed by atoms with Gasteiger partial charge in [-0.25, -0.2) is 0 Å². The molecule has 0 saturated heterocycles. The lowest BCUT2D eigenvalue weighted by Gasteiger charge is -2.02. The molecule has 0 amide bonds. The highest BCUT2D eigenvalue weighted by Crippen LogP contribution is 2.00. The van der Waals surface area contributed by atoms with Gasteiger partial charge in [0.25, 0.3) is 0 Å². The third-order valence-corrected chi connectivity index (χ3v) is 1.99. The Labute approximate surface area is 95.6 Å². The number of thiocarbonyl (C=S) groups is 1. The van der Waals surface area contributed by atoms with E-state index in [9.17, 15) is 0 Å². The molecule has 1 aromatic carbocycles. The quantitative estimate of drug-likeness (QED) is 0.464. The van der Waals surface area contributed by atoms with E-state index in [1.54, 1.807) is 6.21 Å². The molecule has 0 bridgehead atoms. The molecule has 0 aliphatic heterocycles. The van der Waals surface area contributed by atoms with Crippen molar-refractivity contribution < 1.29 is 0 Å². The number of benzene rings is 1. The first-order valence-electron chi connectivity index (χ1n) is 4.86. The molecule has 2 N–H and O–H groups in total. The van der Waals surface area contributed by atoms with Gasteiger partial charge < -0.3 is 5.32 Å². The zero-order valence-electron chi connectivity index (χ0n) is 8.95. The minimum atomic E-state index is 0.543. The van der Waals surface area contributed by atoms with Crippen LogP contribution in [-0.4, -0.2) is 17.9 Å². The van der Waals surface area contributed by atoms with E-state index in [0.29, 0.717) is 5.11 Å². The maximum Gasteiger partial charge on any atom is 0.186 e. The summed E-state index contributed by atoms with van der Waals surface area (Å²) < 4.78 is 0. The topological polar surface area (TPSA) is 36.4 Å². The molecule has 0 spiro atoms. The maximum absolute atomic E-state index is 4.96. The van der Waals surface area contributed by atoms with E-state index in [-0.39, 0.29) is 0 Å². The van der Waals surface area contributed by atoms with Crippen LogP contribution in [0.1, 0.15) is 18.1 Å². The van der Waals surface area contributed by atoms with Gasteiger partial charge in [0.15, 0.2) is 5.11 Å². The first-order chi connectivity index (χ1) is 7.22.